The van der Waals surface area contributed by atoms with E-state index in [0.29, 0.717) is 5.69 Å². The number of nitrogen functional groups attached to an aromatic ring is 1. The summed E-state index contributed by atoms with van der Waals surface area (Å²) in [4.78, 5) is 0. The van der Waals surface area contributed by atoms with Gasteiger partial charge >= 0.3 is 76.7 Å². The van der Waals surface area contributed by atoms with Gasteiger partial charge in [-0.2, -0.15) is 0 Å². The van der Waals surface area contributed by atoms with Crippen LogP contribution in [0.15, 0.2) is 18.2 Å². The molecule has 12 heavy (non-hydrogen) atoms. The molecule has 0 spiro atoms. The molecule has 1 rings (SSSR count). The Labute approximate surface area is 77.0 Å². The standard InChI is InChI=1S/C6H7AsClNO3/c8-6-3-4(9)1-2-5(6)7(10,11)12/h1-3H,9H2,(H2,10,11,12). The van der Waals surface area contributed by atoms with E-state index in [1.54, 1.807) is 0 Å². The van der Waals surface area contributed by atoms with Crippen LogP contribution in [-0.2, 0) is 3.74 Å². The number of rotatable bonds is 1. The van der Waals surface area contributed by atoms with Crippen molar-refractivity contribution in [3.63, 3.8) is 0 Å². The maximum atomic E-state index is 10.8. The zero-order valence-electron chi connectivity index (χ0n) is 5.94. The summed E-state index contributed by atoms with van der Waals surface area (Å²) in [5, 5.41) is 0.0162. The third kappa shape index (κ3) is 2.05. The molecule has 66 valence electrons. The summed E-state index contributed by atoms with van der Waals surface area (Å²) < 4.78 is 28.3. The molecule has 1 aromatic rings. The van der Waals surface area contributed by atoms with Gasteiger partial charge in [0.1, 0.15) is 0 Å². The van der Waals surface area contributed by atoms with Crippen LogP contribution in [0.2, 0.25) is 5.02 Å². The number of benzene rings is 1. The van der Waals surface area contributed by atoms with Crippen molar-refractivity contribution in [1.29, 1.82) is 0 Å². The van der Waals surface area contributed by atoms with Crippen molar-refractivity contribution in [2.24, 2.45) is 0 Å². The predicted molar refractivity (Wildman–Crippen MR) is 46.4 cm³/mol. The molecule has 0 aromatic heterocycles. The number of hydrogen-bond acceptors (Lipinski definition) is 2. The Morgan fingerprint density at radius 2 is 2.00 bits per heavy atom. The minimum absolute atomic E-state index is 0.0162. The molecule has 0 atom stereocenters. The van der Waals surface area contributed by atoms with Crippen molar-refractivity contribution in [1.82, 2.24) is 0 Å². The topological polar surface area (TPSA) is 83.6 Å². The fourth-order valence-corrected chi connectivity index (χ4v) is 2.80. The van der Waals surface area contributed by atoms with E-state index in [9.17, 15) is 3.74 Å². The fourth-order valence-electron chi connectivity index (χ4n) is 0.759. The molecule has 4 N–H and O–H groups in total. The molecule has 4 nitrogen and oxygen atoms in total. The number of anilines is 1. The first-order chi connectivity index (χ1) is 5.41. The summed E-state index contributed by atoms with van der Waals surface area (Å²) in [6, 6.07) is 3.97. The summed E-state index contributed by atoms with van der Waals surface area (Å²) in [5.41, 5.74) is 5.72. The first-order valence-electron chi connectivity index (χ1n) is 3.02. The van der Waals surface area contributed by atoms with Crippen LogP contribution in [0.25, 0.3) is 0 Å². The van der Waals surface area contributed by atoms with E-state index in [1.165, 1.54) is 18.2 Å². The third-order valence-corrected chi connectivity index (χ3v) is 4.02. The quantitative estimate of drug-likeness (QED) is 0.463. The monoisotopic (exact) mass is 251 g/mol. The van der Waals surface area contributed by atoms with E-state index < -0.39 is 14.2 Å². The normalized spacial score (nSPS) is 11.6. The van der Waals surface area contributed by atoms with Gasteiger partial charge in [0.25, 0.3) is 0 Å². The van der Waals surface area contributed by atoms with Crippen molar-refractivity contribution in [3.8, 4) is 0 Å². The molecule has 0 heterocycles. The maximum absolute atomic E-state index is 10.8. The molecule has 0 amide bonds. The van der Waals surface area contributed by atoms with Gasteiger partial charge in [0, 0.05) is 0 Å². The van der Waals surface area contributed by atoms with Crippen molar-refractivity contribution in [2.75, 3.05) is 5.73 Å². The van der Waals surface area contributed by atoms with E-state index in [2.05, 4.69) is 0 Å². The third-order valence-electron chi connectivity index (χ3n) is 1.29. The van der Waals surface area contributed by atoms with Crippen LogP contribution in [-0.4, -0.2) is 22.4 Å². The molecule has 0 saturated heterocycles. The molecule has 0 bridgehead atoms. The molecule has 0 aliphatic carbocycles. The summed E-state index contributed by atoms with van der Waals surface area (Å²) in [7, 11) is 0. The average Bonchev–Trinajstić information content (AvgIpc) is 1.83. The summed E-state index contributed by atoms with van der Waals surface area (Å²) in [5.74, 6) is 0. The van der Waals surface area contributed by atoms with Gasteiger partial charge in [0.15, 0.2) is 0 Å². The second-order valence-electron chi connectivity index (χ2n) is 2.25. The molecule has 1 aromatic carbocycles. The Balaban J connectivity index is 3.28. The van der Waals surface area contributed by atoms with Gasteiger partial charge < -0.3 is 0 Å². The average molecular weight is 252 g/mol. The first-order valence-corrected chi connectivity index (χ1v) is 6.78. The molecular weight excluding hydrogens is 244 g/mol. The second-order valence-corrected chi connectivity index (χ2v) is 5.96. The van der Waals surface area contributed by atoms with Crippen molar-refractivity contribution in [3.05, 3.63) is 23.2 Å². The van der Waals surface area contributed by atoms with Gasteiger partial charge in [-0.3, -0.25) is 0 Å². The van der Waals surface area contributed by atoms with Gasteiger partial charge in [-0.1, -0.05) is 0 Å². The summed E-state index contributed by atoms with van der Waals surface area (Å²) in [6.07, 6.45) is 0. The molecular formula is C6H7AsClNO3. The van der Waals surface area contributed by atoms with E-state index in [0.717, 1.165) is 0 Å². The number of nitrogens with two attached hydrogens (primary N) is 1. The van der Waals surface area contributed by atoms with Gasteiger partial charge in [-0.25, -0.2) is 0 Å². The number of halogens is 1. The fraction of sp³-hybridized carbons (Fsp3) is 0. The zero-order valence-corrected chi connectivity index (χ0v) is 8.57. The van der Waals surface area contributed by atoms with Gasteiger partial charge in [0.05, 0.1) is 0 Å². The zero-order chi connectivity index (χ0) is 9.35. The van der Waals surface area contributed by atoms with Crippen molar-refractivity contribution < 1.29 is 11.9 Å². The van der Waals surface area contributed by atoms with E-state index in [4.69, 9.17) is 25.5 Å². The van der Waals surface area contributed by atoms with Crippen LogP contribution in [0.5, 0.6) is 0 Å². The Morgan fingerprint density at radius 3 is 2.42 bits per heavy atom. The number of hydrogen-bond donors (Lipinski definition) is 3. The van der Waals surface area contributed by atoms with Crippen molar-refractivity contribution >= 4 is 35.8 Å². The Kier molecular flexibility index (Phi) is 2.54. The van der Waals surface area contributed by atoms with Gasteiger partial charge in [-0.15, -0.1) is 0 Å². The van der Waals surface area contributed by atoms with Gasteiger partial charge in [-0.05, 0) is 0 Å². The summed E-state index contributed by atoms with van der Waals surface area (Å²) >= 11 is 0.692. The molecule has 0 aliphatic rings. The molecule has 0 fully saturated rings. The van der Waals surface area contributed by atoms with Crippen LogP contribution < -0.4 is 10.1 Å². The molecule has 0 aliphatic heterocycles. The van der Waals surface area contributed by atoms with E-state index in [-0.39, 0.29) is 9.37 Å². The molecule has 0 saturated carbocycles. The second kappa shape index (κ2) is 3.15. The van der Waals surface area contributed by atoms with Gasteiger partial charge in [0.2, 0.25) is 0 Å². The molecule has 6 heteroatoms. The van der Waals surface area contributed by atoms with Crippen LogP contribution >= 0.6 is 11.6 Å². The summed E-state index contributed by atoms with van der Waals surface area (Å²) in [6.45, 7) is 0. The SMILES string of the molecule is Nc1ccc([As](=O)(O)O)c(Cl)c1. The Bertz CT molecular complexity index is 349. The minimum atomic E-state index is -4.87. The van der Waals surface area contributed by atoms with E-state index in [1.807, 2.05) is 0 Å². The first kappa shape index (κ1) is 9.67. The van der Waals surface area contributed by atoms with Crippen LogP contribution in [0.1, 0.15) is 0 Å². The molecule has 0 unspecified atom stereocenters. The van der Waals surface area contributed by atoms with Crippen molar-refractivity contribution in [2.45, 2.75) is 0 Å². The Morgan fingerprint density at radius 1 is 1.42 bits per heavy atom. The van der Waals surface area contributed by atoms with Crippen LogP contribution in [0, 0.1) is 0 Å². The van der Waals surface area contributed by atoms with Crippen LogP contribution in [0.3, 0.4) is 0 Å². The predicted octanol–water partition coefficient (Wildman–Crippen LogP) is -0.517. The van der Waals surface area contributed by atoms with E-state index >= 15 is 0 Å². The molecule has 0 radical (unpaired) electrons. The van der Waals surface area contributed by atoms with Crippen LogP contribution in [0.4, 0.5) is 5.69 Å². The Hall–Kier alpha value is -0.412.